The summed E-state index contributed by atoms with van der Waals surface area (Å²) in [6.45, 7) is 1.01. The SMILES string of the molecule is CN=C(NCc1ccc(F)cc1)NCc1ccc(OC)c(OC)c1OC.I. The Bertz CT molecular complexity index is 755. The molecule has 0 heterocycles. The Morgan fingerprint density at radius 3 is 2.07 bits per heavy atom. The minimum Gasteiger partial charge on any atom is -0.493 e. The van der Waals surface area contributed by atoms with E-state index in [1.807, 2.05) is 12.1 Å². The van der Waals surface area contributed by atoms with Gasteiger partial charge in [0.15, 0.2) is 17.5 Å². The standard InChI is InChI=1S/C19H24FN3O3.HI/c1-21-19(22-11-13-5-8-15(20)9-6-13)23-12-14-7-10-16(24-2)18(26-4)17(14)25-3;/h5-10H,11-12H2,1-4H3,(H2,21,22,23);1H. The van der Waals surface area contributed by atoms with Gasteiger partial charge in [-0.25, -0.2) is 4.39 Å². The number of benzene rings is 2. The van der Waals surface area contributed by atoms with Crippen LogP contribution in [-0.4, -0.2) is 34.3 Å². The highest BCUT2D eigenvalue weighted by Gasteiger charge is 2.15. The van der Waals surface area contributed by atoms with Gasteiger partial charge < -0.3 is 24.8 Å². The van der Waals surface area contributed by atoms with Gasteiger partial charge in [0, 0.05) is 25.7 Å². The number of hydrogen-bond donors (Lipinski definition) is 2. The number of aliphatic imine (C=N–C) groups is 1. The van der Waals surface area contributed by atoms with Gasteiger partial charge >= 0.3 is 0 Å². The minimum atomic E-state index is -0.253. The summed E-state index contributed by atoms with van der Waals surface area (Å²) in [4.78, 5) is 4.19. The Labute approximate surface area is 176 Å². The number of methoxy groups -OCH3 is 3. The van der Waals surface area contributed by atoms with Gasteiger partial charge in [-0.2, -0.15) is 0 Å². The molecule has 2 rings (SSSR count). The van der Waals surface area contributed by atoms with E-state index in [0.29, 0.717) is 36.3 Å². The van der Waals surface area contributed by atoms with Crippen molar-refractivity contribution < 1.29 is 18.6 Å². The average molecular weight is 489 g/mol. The van der Waals surface area contributed by atoms with Crippen LogP contribution in [0.15, 0.2) is 41.4 Å². The summed E-state index contributed by atoms with van der Waals surface area (Å²) < 4.78 is 29.1. The zero-order valence-electron chi connectivity index (χ0n) is 15.8. The van der Waals surface area contributed by atoms with Crippen molar-refractivity contribution in [2.24, 2.45) is 4.99 Å². The van der Waals surface area contributed by atoms with E-state index in [9.17, 15) is 4.39 Å². The fourth-order valence-electron chi connectivity index (χ4n) is 2.49. The molecule has 2 aromatic carbocycles. The van der Waals surface area contributed by atoms with Gasteiger partial charge in [-0.05, 0) is 29.8 Å². The van der Waals surface area contributed by atoms with E-state index in [-0.39, 0.29) is 29.8 Å². The van der Waals surface area contributed by atoms with E-state index < -0.39 is 0 Å². The lowest BCUT2D eigenvalue weighted by Crippen LogP contribution is -2.36. The molecule has 27 heavy (non-hydrogen) atoms. The molecular weight excluding hydrogens is 464 g/mol. The van der Waals surface area contributed by atoms with Crippen LogP contribution in [0.1, 0.15) is 11.1 Å². The predicted molar refractivity (Wildman–Crippen MR) is 115 cm³/mol. The van der Waals surface area contributed by atoms with Crippen LogP contribution in [0.25, 0.3) is 0 Å². The van der Waals surface area contributed by atoms with Crippen molar-refractivity contribution in [3.05, 3.63) is 53.3 Å². The molecule has 0 atom stereocenters. The van der Waals surface area contributed by atoms with E-state index >= 15 is 0 Å². The summed E-state index contributed by atoms with van der Waals surface area (Å²) in [6, 6.07) is 10.1. The van der Waals surface area contributed by atoms with Crippen molar-refractivity contribution in [1.29, 1.82) is 0 Å². The van der Waals surface area contributed by atoms with Crippen LogP contribution in [0.4, 0.5) is 4.39 Å². The fourth-order valence-corrected chi connectivity index (χ4v) is 2.49. The van der Waals surface area contributed by atoms with Crippen LogP contribution in [0.3, 0.4) is 0 Å². The molecule has 0 spiro atoms. The highest BCUT2D eigenvalue weighted by Crippen LogP contribution is 2.39. The molecule has 0 amide bonds. The first kappa shape index (κ1) is 22.8. The largest absolute Gasteiger partial charge is 0.493 e. The molecule has 0 aliphatic carbocycles. The van der Waals surface area contributed by atoms with Gasteiger partial charge in [-0.1, -0.05) is 12.1 Å². The summed E-state index contributed by atoms with van der Waals surface area (Å²) in [5.41, 5.74) is 1.85. The summed E-state index contributed by atoms with van der Waals surface area (Å²) in [7, 11) is 6.42. The third-order valence-corrected chi connectivity index (χ3v) is 3.83. The van der Waals surface area contributed by atoms with E-state index in [0.717, 1.165) is 11.1 Å². The molecule has 0 aliphatic rings. The first-order valence-corrected chi connectivity index (χ1v) is 8.09. The number of halogens is 2. The van der Waals surface area contributed by atoms with Gasteiger partial charge in [0.2, 0.25) is 5.75 Å². The average Bonchev–Trinajstić information content (AvgIpc) is 2.68. The molecule has 8 heteroatoms. The third kappa shape index (κ3) is 6.16. The fraction of sp³-hybridized carbons (Fsp3) is 0.316. The Balaban J connectivity index is 0.00000364. The number of nitrogens with one attached hydrogen (secondary N) is 2. The van der Waals surface area contributed by atoms with Crippen LogP contribution < -0.4 is 24.8 Å². The third-order valence-electron chi connectivity index (χ3n) is 3.83. The first-order chi connectivity index (χ1) is 12.6. The summed E-state index contributed by atoms with van der Waals surface area (Å²) in [5, 5.41) is 6.40. The first-order valence-electron chi connectivity index (χ1n) is 8.09. The van der Waals surface area contributed by atoms with E-state index in [2.05, 4.69) is 15.6 Å². The van der Waals surface area contributed by atoms with Crippen molar-refractivity contribution in [3.8, 4) is 17.2 Å². The molecule has 6 nitrogen and oxygen atoms in total. The summed E-state index contributed by atoms with van der Waals surface area (Å²) in [6.07, 6.45) is 0. The maximum absolute atomic E-state index is 13.0. The van der Waals surface area contributed by atoms with E-state index in [4.69, 9.17) is 14.2 Å². The molecule has 0 aromatic heterocycles. The lowest BCUT2D eigenvalue weighted by Gasteiger charge is -2.17. The highest BCUT2D eigenvalue weighted by molar-refractivity contribution is 14.0. The maximum atomic E-state index is 13.0. The molecular formula is C19H25FIN3O3. The molecule has 148 valence electrons. The van der Waals surface area contributed by atoms with Crippen LogP contribution in [0.5, 0.6) is 17.2 Å². The van der Waals surface area contributed by atoms with Crippen molar-refractivity contribution in [2.75, 3.05) is 28.4 Å². The lowest BCUT2D eigenvalue weighted by atomic mass is 10.1. The van der Waals surface area contributed by atoms with Crippen LogP contribution in [-0.2, 0) is 13.1 Å². The summed E-state index contributed by atoms with van der Waals surface area (Å²) >= 11 is 0. The Morgan fingerprint density at radius 2 is 1.52 bits per heavy atom. The number of guanidine groups is 1. The number of ether oxygens (including phenoxy) is 3. The topological polar surface area (TPSA) is 64.1 Å². The summed E-state index contributed by atoms with van der Waals surface area (Å²) in [5.74, 6) is 2.12. The molecule has 2 aromatic rings. The second-order valence-electron chi connectivity index (χ2n) is 5.40. The number of rotatable bonds is 7. The number of nitrogens with zero attached hydrogens (tertiary/aromatic N) is 1. The minimum absolute atomic E-state index is 0. The highest BCUT2D eigenvalue weighted by atomic mass is 127. The van der Waals surface area contributed by atoms with E-state index in [1.165, 1.54) is 12.1 Å². The zero-order valence-corrected chi connectivity index (χ0v) is 18.2. The van der Waals surface area contributed by atoms with Crippen LogP contribution in [0.2, 0.25) is 0 Å². The van der Waals surface area contributed by atoms with Gasteiger partial charge in [-0.15, -0.1) is 24.0 Å². The van der Waals surface area contributed by atoms with Crippen molar-refractivity contribution in [2.45, 2.75) is 13.1 Å². The van der Waals surface area contributed by atoms with Crippen LogP contribution >= 0.6 is 24.0 Å². The van der Waals surface area contributed by atoms with Crippen LogP contribution in [0, 0.1) is 5.82 Å². The number of hydrogen-bond acceptors (Lipinski definition) is 4. The van der Waals surface area contributed by atoms with Crippen molar-refractivity contribution >= 4 is 29.9 Å². The Morgan fingerprint density at radius 1 is 0.889 bits per heavy atom. The predicted octanol–water partition coefficient (Wildman–Crippen LogP) is 3.33. The second kappa shape index (κ2) is 11.5. The monoisotopic (exact) mass is 489 g/mol. The Hall–Kier alpha value is -2.23. The smallest absolute Gasteiger partial charge is 0.203 e. The normalized spacial score (nSPS) is 10.6. The molecule has 0 aliphatic heterocycles. The molecule has 0 bridgehead atoms. The zero-order chi connectivity index (χ0) is 18.9. The Kier molecular flexibility index (Phi) is 9.70. The van der Waals surface area contributed by atoms with Gasteiger partial charge in [0.25, 0.3) is 0 Å². The van der Waals surface area contributed by atoms with Crippen molar-refractivity contribution in [1.82, 2.24) is 10.6 Å². The van der Waals surface area contributed by atoms with Gasteiger partial charge in [0.1, 0.15) is 5.82 Å². The quantitative estimate of drug-likeness (QED) is 0.355. The molecule has 0 saturated heterocycles. The molecule has 0 fully saturated rings. The second-order valence-corrected chi connectivity index (χ2v) is 5.40. The maximum Gasteiger partial charge on any atom is 0.203 e. The molecule has 0 radical (unpaired) electrons. The molecule has 0 unspecified atom stereocenters. The van der Waals surface area contributed by atoms with Gasteiger partial charge in [0.05, 0.1) is 21.3 Å². The molecule has 0 saturated carbocycles. The lowest BCUT2D eigenvalue weighted by molar-refractivity contribution is 0.322. The van der Waals surface area contributed by atoms with Gasteiger partial charge in [-0.3, -0.25) is 4.99 Å². The molecule has 2 N–H and O–H groups in total. The van der Waals surface area contributed by atoms with E-state index in [1.54, 1.807) is 40.5 Å². The van der Waals surface area contributed by atoms with Crippen molar-refractivity contribution in [3.63, 3.8) is 0 Å².